The fourth-order valence-corrected chi connectivity index (χ4v) is 7.49. The van der Waals surface area contributed by atoms with Gasteiger partial charge in [-0.15, -0.1) is 15.0 Å². The second kappa shape index (κ2) is 14.7. The van der Waals surface area contributed by atoms with Crippen molar-refractivity contribution in [3.63, 3.8) is 0 Å². The molecule has 0 bridgehead atoms. The van der Waals surface area contributed by atoms with Gasteiger partial charge in [0.05, 0.1) is 5.69 Å². The summed E-state index contributed by atoms with van der Waals surface area (Å²) in [5, 5.41) is 24.7. The summed E-state index contributed by atoms with van der Waals surface area (Å²) >= 11 is 2.29. The van der Waals surface area contributed by atoms with Crippen LogP contribution in [0.3, 0.4) is 0 Å². The van der Waals surface area contributed by atoms with Gasteiger partial charge in [0.2, 0.25) is 5.82 Å². The molecule has 0 amide bonds. The average molecular weight is 757 g/mol. The van der Waals surface area contributed by atoms with E-state index in [2.05, 4.69) is 148 Å². The first-order valence-electron chi connectivity index (χ1n) is 16.6. The number of aliphatic hydroxyl groups excluding tert-OH is 1. The van der Waals surface area contributed by atoms with Crippen molar-refractivity contribution in [1.82, 2.24) is 29.8 Å². The van der Waals surface area contributed by atoms with Crippen LogP contribution in [0.1, 0.15) is 53.5 Å². The molecule has 0 saturated carbocycles. The Kier molecular flexibility index (Phi) is 9.77. The number of hydrogen-bond acceptors (Lipinski definition) is 5. The average Bonchev–Trinajstić information content (AvgIpc) is 3.77. The Hall–Kier alpha value is -4.93. The van der Waals surface area contributed by atoms with Crippen molar-refractivity contribution in [2.75, 3.05) is 0 Å². The number of aromatic nitrogens is 6. The third kappa shape index (κ3) is 6.34. The third-order valence-electron chi connectivity index (χ3n) is 9.07. The normalized spacial score (nSPS) is 11.6. The summed E-state index contributed by atoms with van der Waals surface area (Å²) in [6.45, 7) is 2.77. The van der Waals surface area contributed by atoms with Gasteiger partial charge in [-0.1, -0.05) is 153 Å². The van der Waals surface area contributed by atoms with E-state index in [-0.39, 0.29) is 6.61 Å². The van der Waals surface area contributed by atoms with Crippen molar-refractivity contribution in [3.05, 3.63) is 177 Å². The van der Waals surface area contributed by atoms with Crippen molar-refractivity contribution < 1.29 is 5.11 Å². The van der Waals surface area contributed by atoms with Crippen LogP contribution in [0.2, 0.25) is 0 Å². The summed E-state index contributed by atoms with van der Waals surface area (Å²) in [7, 11) is 0. The topological polar surface area (TPSA) is 81.7 Å². The minimum absolute atomic E-state index is 0.0820. The molecule has 7 aromatic rings. The fourth-order valence-electron chi connectivity index (χ4n) is 6.65. The molecule has 7 rings (SSSR count). The van der Waals surface area contributed by atoms with E-state index in [0.717, 1.165) is 61.9 Å². The quantitative estimate of drug-likeness (QED) is 0.0999. The number of hydrogen-bond donors (Lipinski definition) is 1. The molecule has 2 heterocycles. The number of imidazole rings is 1. The Morgan fingerprint density at radius 3 is 1.80 bits per heavy atom. The predicted molar refractivity (Wildman–Crippen MR) is 202 cm³/mol. The number of aliphatic hydroxyl groups is 1. The summed E-state index contributed by atoms with van der Waals surface area (Å²) in [5.74, 6) is 1.25. The maximum absolute atomic E-state index is 10.0. The molecule has 0 fully saturated rings. The molecule has 7 nitrogen and oxygen atoms in total. The van der Waals surface area contributed by atoms with Crippen LogP contribution in [-0.2, 0) is 25.1 Å². The van der Waals surface area contributed by atoms with Crippen LogP contribution in [0.25, 0.3) is 22.5 Å². The molecule has 0 radical (unpaired) electrons. The standard InChI is InChI=1S/C41H37IN6O/c1-2-3-23-37-39(42)43-38(29-49)47(37)28-30-24-26-31(27-25-30)35-21-13-14-22-36(35)40-44-46-48(45-40)41(32-15-7-4-8-16-32,33-17-9-5-10-18-33)34-19-11-6-12-20-34/h4-22,24-27,49H,2-3,23,28-29H2,1H3. The summed E-state index contributed by atoms with van der Waals surface area (Å²) in [4.78, 5) is 6.41. The van der Waals surface area contributed by atoms with Crippen LogP contribution < -0.4 is 0 Å². The Labute approximate surface area is 300 Å². The first kappa shape index (κ1) is 32.6. The van der Waals surface area contributed by atoms with E-state index in [9.17, 15) is 5.11 Å². The number of rotatable bonds is 12. The molecule has 0 aliphatic carbocycles. The molecule has 0 aliphatic rings. The molecule has 0 atom stereocenters. The molecule has 0 saturated heterocycles. The molecule has 0 spiro atoms. The molecular weight excluding hydrogens is 719 g/mol. The maximum atomic E-state index is 10.0. The molecule has 5 aromatic carbocycles. The molecule has 0 aliphatic heterocycles. The number of nitrogens with zero attached hydrogens (tertiary/aromatic N) is 6. The van der Waals surface area contributed by atoms with E-state index in [4.69, 9.17) is 15.4 Å². The van der Waals surface area contributed by atoms with Gasteiger partial charge in [-0.25, -0.2) is 4.98 Å². The number of unbranched alkanes of at least 4 members (excludes halogenated alkanes) is 1. The van der Waals surface area contributed by atoms with Crippen LogP contribution in [-0.4, -0.2) is 34.9 Å². The van der Waals surface area contributed by atoms with E-state index in [1.807, 2.05) is 30.3 Å². The summed E-state index contributed by atoms with van der Waals surface area (Å²) in [5.41, 5.74) is 7.58. The van der Waals surface area contributed by atoms with Gasteiger partial charge in [-0.2, -0.15) is 0 Å². The molecule has 2 aromatic heterocycles. The lowest BCUT2D eigenvalue weighted by Gasteiger charge is -2.34. The van der Waals surface area contributed by atoms with Crippen molar-refractivity contribution >= 4 is 22.6 Å². The highest BCUT2D eigenvalue weighted by atomic mass is 127. The number of tetrazole rings is 1. The van der Waals surface area contributed by atoms with Crippen molar-refractivity contribution in [2.24, 2.45) is 0 Å². The van der Waals surface area contributed by atoms with Gasteiger partial charge in [-0.05, 0) is 74.0 Å². The van der Waals surface area contributed by atoms with E-state index in [0.29, 0.717) is 18.2 Å². The van der Waals surface area contributed by atoms with Crippen molar-refractivity contribution in [3.8, 4) is 22.5 Å². The highest BCUT2D eigenvalue weighted by Crippen LogP contribution is 2.40. The first-order chi connectivity index (χ1) is 24.1. The third-order valence-corrected chi connectivity index (χ3v) is 9.94. The molecule has 8 heteroatoms. The molecule has 49 heavy (non-hydrogen) atoms. The van der Waals surface area contributed by atoms with Crippen molar-refractivity contribution in [2.45, 2.75) is 44.9 Å². The van der Waals surface area contributed by atoms with Gasteiger partial charge in [0.15, 0.2) is 5.54 Å². The van der Waals surface area contributed by atoms with Gasteiger partial charge in [-0.3, -0.25) is 0 Å². The minimum atomic E-state index is -0.847. The Bertz CT molecular complexity index is 2030. The van der Waals surface area contributed by atoms with Gasteiger partial charge < -0.3 is 9.67 Å². The Morgan fingerprint density at radius 2 is 1.24 bits per heavy atom. The zero-order valence-electron chi connectivity index (χ0n) is 27.3. The van der Waals surface area contributed by atoms with E-state index in [1.165, 1.54) is 5.69 Å². The smallest absolute Gasteiger partial charge is 0.205 e. The zero-order chi connectivity index (χ0) is 33.6. The molecular formula is C41H37IN6O. The lowest BCUT2D eigenvalue weighted by molar-refractivity contribution is 0.265. The lowest BCUT2D eigenvalue weighted by atomic mass is 9.77. The Morgan fingerprint density at radius 1 is 0.694 bits per heavy atom. The van der Waals surface area contributed by atoms with Crippen LogP contribution in [0.4, 0.5) is 0 Å². The van der Waals surface area contributed by atoms with Crippen molar-refractivity contribution in [1.29, 1.82) is 0 Å². The summed E-state index contributed by atoms with van der Waals surface area (Å²) in [6, 6.07) is 48.0. The minimum Gasteiger partial charge on any atom is -0.388 e. The van der Waals surface area contributed by atoms with Gasteiger partial charge in [0.1, 0.15) is 16.1 Å². The molecule has 244 valence electrons. The molecule has 0 unspecified atom stereocenters. The second-order valence-electron chi connectivity index (χ2n) is 12.1. The molecule has 1 N–H and O–H groups in total. The van der Waals surface area contributed by atoms with Crippen LogP contribution in [0.5, 0.6) is 0 Å². The maximum Gasteiger partial charge on any atom is 0.205 e. The first-order valence-corrected chi connectivity index (χ1v) is 17.7. The van der Waals surface area contributed by atoms with E-state index in [1.54, 1.807) is 4.80 Å². The number of halogens is 1. The second-order valence-corrected chi connectivity index (χ2v) is 13.1. The van der Waals surface area contributed by atoms with Crippen LogP contribution >= 0.6 is 22.6 Å². The zero-order valence-corrected chi connectivity index (χ0v) is 29.5. The SMILES string of the molecule is CCCCc1c(I)nc(CO)n1Cc1ccc(-c2ccccc2-c2nnn(C(c3ccccc3)(c3ccccc3)c3ccccc3)n2)cc1. The fraction of sp³-hybridized carbons (Fsp3) is 0.171. The lowest BCUT2D eigenvalue weighted by Crippen LogP contribution is -2.39. The largest absolute Gasteiger partial charge is 0.388 e. The highest BCUT2D eigenvalue weighted by Gasteiger charge is 2.41. The number of benzene rings is 5. The van der Waals surface area contributed by atoms with Crippen LogP contribution in [0, 0.1) is 3.70 Å². The summed E-state index contributed by atoms with van der Waals surface area (Å²) in [6.07, 6.45) is 3.14. The highest BCUT2D eigenvalue weighted by molar-refractivity contribution is 14.1. The summed E-state index contributed by atoms with van der Waals surface area (Å²) < 4.78 is 3.14. The van der Waals surface area contributed by atoms with Gasteiger partial charge in [0, 0.05) is 12.1 Å². The van der Waals surface area contributed by atoms with E-state index >= 15 is 0 Å². The van der Waals surface area contributed by atoms with E-state index < -0.39 is 5.54 Å². The van der Waals surface area contributed by atoms with Gasteiger partial charge >= 0.3 is 0 Å². The van der Waals surface area contributed by atoms with Crippen LogP contribution in [0.15, 0.2) is 140 Å². The monoisotopic (exact) mass is 756 g/mol. The van der Waals surface area contributed by atoms with Gasteiger partial charge in [0.25, 0.3) is 0 Å². The predicted octanol–water partition coefficient (Wildman–Crippen LogP) is 8.53. The Balaban J connectivity index is 1.28.